The zero-order valence-corrected chi connectivity index (χ0v) is 17.4. The number of rotatable bonds is 8. The molecule has 0 radical (unpaired) electrons. The Bertz CT molecular complexity index is 522. The maximum absolute atomic E-state index is 12.9. The van der Waals surface area contributed by atoms with Gasteiger partial charge in [0.15, 0.2) is 0 Å². The fourth-order valence-electron chi connectivity index (χ4n) is 3.17. The van der Waals surface area contributed by atoms with Crippen molar-refractivity contribution in [3.63, 3.8) is 0 Å². The lowest BCUT2D eigenvalue weighted by atomic mass is 9.94. The summed E-state index contributed by atoms with van der Waals surface area (Å²) in [5.41, 5.74) is 6.70. The number of halogens is 2. The Morgan fingerprint density at radius 2 is 2.04 bits per heavy atom. The molecular formula is C19H30BrClN2O2. The minimum Gasteiger partial charge on any atom is -0.378 e. The number of ether oxygens (including phenoxy) is 1. The van der Waals surface area contributed by atoms with Crippen LogP contribution in [0.2, 0.25) is 0 Å². The maximum atomic E-state index is 12.9. The van der Waals surface area contributed by atoms with Gasteiger partial charge in [-0.25, -0.2) is 0 Å². The first-order chi connectivity index (χ1) is 11.7. The van der Waals surface area contributed by atoms with Crippen molar-refractivity contribution in [3.05, 3.63) is 34.3 Å². The Labute approximate surface area is 166 Å². The molecule has 2 rings (SSSR count). The molecular weight excluding hydrogens is 404 g/mol. The Morgan fingerprint density at radius 1 is 1.36 bits per heavy atom. The van der Waals surface area contributed by atoms with Gasteiger partial charge in [0.1, 0.15) is 0 Å². The van der Waals surface area contributed by atoms with Crippen molar-refractivity contribution in [2.75, 3.05) is 26.2 Å². The molecule has 0 saturated carbocycles. The number of hydrogen-bond donors (Lipinski definition) is 1. The third-order valence-corrected chi connectivity index (χ3v) is 5.50. The van der Waals surface area contributed by atoms with E-state index in [4.69, 9.17) is 10.5 Å². The molecule has 2 N–H and O–H groups in total. The highest BCUT2D eigenvalue weighted by molar-refractivity contribution is 9.10. The van der Waals surface area contributed by atoms with Gasteiger partial charge in [-0.05, 0) is 50.3 Å². The van der Waals surface area contributed by atoms with Crippen LogP contribution in [-0.2, 0) is 16.0 Å². The summed E-state index contributed by atoms with van der Waals surface area (Å²) in [7, 11) is 0. The smallest absolute Gasteiger partial charge is 0.226 e. The van der Waals surface area contributed by atoms with Gasteiger partial charge >= 0.3 is 0 Å². The molecule has 25 heavy (non-hydrogen) atoms. The second kappa shape index (κ2) is 11.9. The monoisotopic (exact) mass is 432 g/mol. The minimum absolute atomic E-state index is 0. The fraction of sp³-hybridized carbons (Fsp3) is 0.632. The molecule has 1 atom stereocenters. The van der Waals surface area contributed by atoms with Gasteiger partial charge in [-0.3, -0.25) is 4.79 Å². The Morgan fingerprint density at radius 3 is 2.64 bits per heavy atom. The number of carbonyl (C=O) groups is 1. The molecule has 1 aromatic rings. The number of hydrogen-bond acceptors (Lipinski definition) is 3. The normalized spacial score (nSPS) is 16.4. The van der Waals surface area contributed by atoms with Gasteiger partial charge in [-0.1, -0.05) is 41.1 Å². The lowest BCUT2D eigenvalue weighted by molar-refractivity contribution is -0.138. The number of nitrogens with two attached hydrogens (primary N) is 1. The van der Waals surface area contributed by atoms with E-state index in [1.54, 1.807) is 0 Å². The number of benzene rings is 1. The molecule has 6 heteroatoms. The van der Waals surface area contributed by atoms with Crippen molar-refractivity contribution in [1.82, 2.24) is 4.90 Å². The molecule has 142 valence electrons. The summed E-state index contributed by atoms with van der Waals surface area (Å²) in [5.74, 6) is 0.340. The number of carbonyl (C=O) groups excluding carboxylic acids is 1. The molecule has 1 amide bonds. The Hall–Kier alpha value is -0.620. The lowest BCUT2D eigenvalue weighted by Crippen LogP contribution is -2.44. The van der Waals surface area contributed by atoms with Crippen LogP contribution in [0, 0.1) is 5.92 Å². The molecule has 1 fully saturated rings. The van der Waals surface area contributed by atoms with Crippen molar-refractivity contribution in [2.45, 2.75) is 45.1 Å². The highest BCUT2D eigenvalue weighted by Crippen LogP contribution is 2.24. The molecule has 0 aromatic heterocycles. The number of amides is 1. The van der Waals surface area contributed by atoms with E-state index in [1.165, 1.54) is 5.56 Å². The van der Waals surface area contributed by atoms with Crippen LogP contribution in [0.25, 0.3) is 0 Å². The average molecular weight is 434 g/mol. The molecule has 1 aliphatic rings. The van der Waals surface area contributed by atoms with Crippen molar-refractivity contribution < 1.29 is 9.53 Å². The lowest BCUT2D eigenvalue weighted by Gasteiger charge is -2.34. The summed E-state index contributed by atoms with van der Waals surface area (Å²) >= 11 is 3.59. The maximum Gasteiger partial charge on any atom is 0.226 e. The van der Waals surface area contributed by atoms with E-state index >= 15 is 0 Å². The second-order valence-electron chi connectivity index (χ2n) is 6.44. The van der Waals surface area contributed by atoms with Crippen molar-refractivity contribution in [2.24, 2.45) is 11.7 Å². The quantitative estimate of drug-likeness (QED) is 0.634. The molecule has 1 unspecified atom stereocenters. The Balaban J connectivity index is 0.00000312. The molecule has 0 bridgehead atoms. The highest BCUT2D eigenvalue weighted by Gasteiger charge is 2.28. The molecule has 0 spiro atoms. The van der Waals surface area contributed by atoms with Gasteiger partial charge in [-0.2, -0.15) is 0 Å². The minimum atomic E-state index is 0. The molecule has 1 saturated heterocycles. The molecule has 4 nitrogen and oxygen atoms in total. The predicted molar refractivity (Wildman–Crippen MR) is 108 cm³/mol. The number of likely N-dealkylation sites (tertiary alicyclic amines) is 1. The van der Waals surface area contributed by atoms with E-state index in [9.17, 15) is 4.79 Å². The summed E-state index contributed by atoms with van der Waals surface area (Å²) in [6.45, 7) is 5.11. The fourth-order valence-corrected chi connectivity index (χ4v) is 3.62. The second-order valence-corrected chi connectivity index (χ2v) is 7.29. The van der Waals surface area contributed by atoms with Crippen LogP contribution in [0.3, 0.4) is 0 Å². The number of piperidine rings is 1. The third-order valence-electron chi connectivity index (χ3n) is 4.72. The first kappa shape index (κ1) is 22.4. The van der Waals surface area contributed by atoms with Crippen molar-refractivity contribution in [3.8, 4) is 0 Å². The van der Waals surface area contributed by atoms with Crippen LogP contribution in [0.5, 0.6) is 0 Å². The summed E-state index contributed by atoms with van der Waals surface area (Å²) in [6.07, 6.45) is 4.72. The standard InChI is InChI=1S/C19H29BrN2O2.ClH/c1-2-15(14-16-6-3-4-7-18(16)20)19(23)22-11-8-17(9-12-22)24-13-5-10-21;/h3-4,6-7,15,17H,2,5,8-14,21H2,1H3;1H. The highest BCUT2D eigenvalue weighted by atomic mass is 79.9. The largest absolute Gasteiger partial charge is 0.378 e. The van der Waals surface area contributed by atoms with Crippen molar-refractivity contribution in [1.29, 1.82) is 0 Å². The first-order valence-corrected chi connectivity index (χ1v) is 9.78. The van der Waals surface area contributed by atoms with E-state index in [-0.39, 0.29) is 30.3 Å². The van der Waals surface area contributed by atoms with Crippen molar-refractivity contribution >= 4 is 34.2 Å². The van der Waals surface area contributed by atoms with Crippen LogP contribution in [0.15, 0.2) is 28.7 Å². The predicted octanol–water partition coefficient (Wildman–Crippen LogP) is 3.80. The molecule has 1 heterocycles. The first-order valence-electron chi connectivity index (χ1n) is 8.99. The molecule has 1 aliphatic heterocycles. The zero-order valence-electron chi connectivity index (χ0n) is 15.0. The van der Waals surface area contributed by atoms with Crippen LogP contribution in [0.4, 0.5) is 0 Å². The van der Waals surface area contributed by atoms with E-state index in [0.29, 0.717) is 6.54 Å². The van der Waals surface area contributed by atoms with Gasteiger partial charge in [0.2, 0.25) is 5.91 Å². The van der Waals surface area contributed by atoms with Gasteiger partial charge in [-0.15, -0.1) is 12.4 Å². The SMILES string of the molecule is CCC(Cc1ccccc1Br)C(=O)N1CCC(OCCCN)CC1.Cl. The van der Waals surface area contributed by atoms with Gasteiger partial charge < -0.3 is 15.4 Å². The average Bonchev–Trinajstić information content (AvgIpc) is 2.61. The van der Waals surface area contributed by atoms with Gasteiger partial charge in [0.25, 0.3) is 0 Å². The van der Waals surface area contributed by atoms with E-state index in [2.05, 4.69) is 28.9 Å². The summed E-state index contributed by atoms with van der Waals surface area (Å²) in [5, 5.41) is 0. The Kier molecular flexibility index (Phi) is 10.7. The van der Waals surface area contributed by atoms with Crippen LogP contribution >= 0.6 is 28.3 Å². The summed E-state index contributed by atoms with van der Waals surface area (Å²) < 4.78 is 6.91. The zero-order chi connectivity index (χ0) is 17.4. The van der Waals surface area contributed by atoms with Gasteiger partial charge in [0.05, 0.1) is 6.10 Å². The van der Waals surface area contributed by atoms with E-state index < -0.39 is 0 Å². The topological polar surface area (TPSA) is 55.6 Å². The van der Waals surface area contributed by atoms with E-state index in [0.717, 1.165) is 56.3 Å². The van der Waals surface area contributed by atoms with Gasteiger partial charge in [0, 0.05) is 30.1 Å². The molecule has 1 aromatic carbocycles. The van der Waals surface area contributed by atoms with E-state index in [1.807, 2.05) is 23.1 Å². The third kappa shape index (κ3) is 6.89. The van der Waals surface area contributed by atoms with Crippen LogP contribution in [-0.4, -0.2) is 43.2 Å². The molecule has 0 aliphatic carbocycles. The van der Waals surface area contributed by atoms with Crippen LogP contribution < -0.4 is 5.73 Å². The number of nitrogens with zero attached hydrogens (tertiary/aromatic N) is 1. The summed E-state index contributed by atoms with van der Waals surface area (Å²) in [6, 6.07) is 8.17. The summed E-state index contributed by atoms with van der Waals surface area (Å²) in [4.78, 5) is 14.9. The van der Waals surface area contributed by atoms with Crippen LogP contribution in [0.1, 0.15) is 38.2 Å².